The first-order valence-corrected chi connectivity index (χ1v) is 8.64. The second-order valence-electron chi connectivity index (χ2n) is 6.43. The number of ether oxygens (including phenoxy) is 1. The topological polar surface area (TPSA) is 131 Å². The second kappa shape index (κ2) is 7.15. The monoisotopic (exact) mass is 394 g/mol. The Labute approximate surface area is 163 Å². The number of carbonyl (C=O) groups is 3. The molecule has 0 bridgehead atoms. The Bertz CT molecular complexity index is 1030. The van der Waals surface area contributed by atoms with Crippen LogP contribution in [0.25, 0.3) is 0 Å². The average molecular weight is 394 g/mol. The van der Waals surface area contributed by atoms with E-state index in [4.69, 9.17) is 4.74 Å². The lowest BCUT2D eigenvalue weighted by atomic mass is 9.99. The minimum absolute atomic E-state index is 0.00425. The standard InChI is InChI=1S/C19H14N4O6/c24-17-14-15(18(25)22(17)12-6-8-13(9-7-12)23(27)28)20-21-16(14)19(26)29-10-11-4-2-1-3-5-11/h1-9,14-15,20H,10H2. The summed E-state index contributed by atoms with van der Waals surface area (Å²) in [7, 11) is 0. The maximum Gasteiger partial charge on any atom is 0.355 e. The van der Waals surface area contributed by atoms with Gasteiger partial charge in [-0.3, -0.25) is 25.1 Å². The van der Waals surface area contributed by atoms with Crippen molar-refractivity contribution in [3.8, 4) is 0 Å². The Balaban J connectivity index is 1.51. The normalized spacial score (nSPS) is 20.1. The molecule has 2 unspecified atom stereocenters. The Morgan fingerprint density at radius 3 is 2.45 bits per heavy atom. The summed E-state index contributed by atoms with van der Waals surface area (Å²) >= 11 is 0. The van der Waals surface area contributed by atoms with Gasteiger partial charge in [-0.05, 0) is 17.7 Å². The van der Waals surface area contributed by atoms with Crippen LogP contribution >= 0.6 is 0 Å². The van der Waals surface area contributed by atoms with E-state index in [0.717, 1.165) is 10.5 Å². The van der Waals surface area contributed by atoms with E-state index in [9.17, 15) is 24.5 Å². The van der Waals surface area contributed by atoms with Crippen molar-refractivity contribution in [3.63, 3.8) is 0 Å². The van der Waals surface area contributed by atoms with Crippen molar-refractivity contribution in [2.75, 3.05) is 4.90 Å². The minimum atomic E-state index is -1.11. The van der Waals surface area contributed by atoms with Gasteiger partial charge in [-0.25, -0.2) is 9.69 Å². The van der Waals surface area contributed by atoms with Crippen LogP contribution in [0, 0.1) is 16.0 Å². The maximum atomic E-state index is 12.8. The van der Waals surface area contributed by atoms with Gasteiger partial charge in [0.25, 0.3) is 11.6 Å². The van der Waals surface area contributed by atoms with Crippen LogP contribution in [-0.2, 0) is 25.7 Å². The van der Waals surface area contributed by atoms with E-state index < -0.39 is 34.7 Å². The number of nitrogens with zero attached hydrogens (tertiary/aromatic N) is 3. The molecule has 2 aromatic carbocycles. The van der Waals surface area contributed by atoms with Gasteiger partial charge >= 0.3 is 5.97 Å². The number of rotatable bonds is 5. The zero-order chi connectivity index (χ0) is 20.5. The van der Waals surface area contributed by atoms with E-state index >= 15 is 0 Å². The summed E-state index contributed by atoms with van der Waals surface area (Å²) < 4.78 is 5.22. The lowest BCUT2D eigenvalue weighted by Gasteiger charge is -2.15. The predicted octanol–water partition coefficient (Wildman–Crippen LogP) is 1.16. The minimum Gasteiger partial charge on any atom is -0.456 e. The molecule has 2 aliphatic heterocycles. The Morgan fingerprint density at radius 1 is 1.10 bits per heavy atom. The van der Waals surface area contributed by atoms with Crippen molar-refractivity contribution < 1.29 is 24.0 Å². The highest BCUT2D eigenvalue weighted by Gasteiger charge is 2.55. The highest BCUT2D eigenvalue weighted by Crippen LogP contribution is 2.31. The fourth-order valence-electron chi connectivity index (χ4n) is 3.23. The third kappa shape index (κ3) is 3.20. The fraction of sp³-hybridized carbons (Fsp3) is 0.158. The first kappa shape index (κ1) is 18.3. The molecular formula is C19H14N4O6. The molecule has 2 atom stereocenters. The molecule has 10 nitrogen and oxygen atoms in total. The number of amides is 2. The number of non-ortho nitro benzene ring substituents is 1. The van der Waals surface area contributed by atoms with Gasteiger partial charge in [0.1, 0.15) is 18.6 Å². The van der Waals surface area contributed by atoms with Crippen molar-refractivity contribution in [2.24, 2.45) is 11.0 Å². The summed E-state index contributed by atoms with van der Waals surface area (Å²) in [5.41, 5.74) is 3.13. The predicted molar refractivity (Wildman–Crippen MR) is 99.7 cm³/mol. The molecule has 146 valence electrons. The number of imide groups is 1. The van der Waals surface area contributed by atoms with Crippen LogP contribution in [0.4, 0.5) is 11.4 Å². The molecule has 4 rings (SSSR count). The zero-order valence-corrected chi connectivity index (χ0v) is 14.8. The van der Waals surface area contributed by atoms with Crippen molar-refractivity contribution in [2.45, 2.75) is 12.6 Å². The van der Waals surface area contributed by atoms with Gasteiger partial charge in [0.05, 0.1) is 10.6 Å². The van der Waals surface area contributed by atoms with Gasteiger partial charge in [-0.15, -0.1) is 0 Å². The quantitative estimate of drug-likeness (QED) is 0.348. The van der Waals surface area contributed by atoms with Crippen LogP contribution < -0.4 is 10.3 Å². The van der Waals surface area contributed by atoms with Gasteiger partial charge in [0, 0.05) is 12.1 Å². The molecule has 2 heterocycles. The Kier molecular flexibility index (Phi) is 4.51. The highest BCUT2D eigenvalue weighted by molar-refractivity contribution is 6.46. The molecule has 0 spiro atoms. The van der Waals surface area contributed by atoms with Crippen LogP contribution in [0.1, 0.15) is 5.56 Å². The number of carbonyl (C=O) groups excluding carboxylic acids is 3. The first-order chi connectivity index (χ1) is 14.0. The molecule has 2 aliphatic rings. The molecule has 0 aliphatic carbocycles. The Morgan fingerprint density at radius 2 is 1.79 bits per heavy atom. The van der Waals surface area contributed by atoms with Gasteiger partial charge in [-0.2, -0.15) is 5.10 Å². The molecule has 1 fully saturated rings. The largest absolute Gasteiger partial charge is 0.456 e. The first-order valence-electron chi connectivity index (χ1n) is 8.64. The van der Waals surface area contributed by atoms with Crippen molar-refractivity contribution in [1.29, 1.82) is 0 Å². The summed E-state index contributed by atoms with van der Waals surface area (Å²) in [6, 6.07) is 13.0. The molecule has 0 radical (unpaired) electrons. The van der Waals surface area contributed by atoms with Crippen LogP contribution in [0.5, 0.6) is 0 Å². The number of nitro groups is 1. The summed E-state index contributed by atoms with van der Waals surface area (Å²) in [4.78, 5) is 49.0. The van der Waals surface area contributed by atoms with E-state index in [-0.39, 0.29) is 23.7 Å². The molecule has 0 aromatic heterocycles. The number of anilines is 1. The molecule has 1 N–H and O–H groups in total. The third-order valence-corrected chi connectivity index (χ3v) is 4.67. The van der Waals surface area contributed by atoms with Gasteiger partial charge in [0.2, 0.25) is 5.91 Å². The average Bonchev–Trinajstić information content (AvgIpc) is 3.27. The van der Waals surface area contributed by atoms with Crippen LogP contribution in [0.3, 0.4) is 0 Å². The van der Waals surface area contributed by atoms with Crippen LogP contribution in [0.2, 0.25) is 0 Å². The van der Waals surface area contributed by atoms with E-state index in [2.05, 4.69) is 10.5 Å². The summed E-state index contributed by atoms with van der Waals surface area (Å²) in [6.45, 7) is 0.00425. The maximum absolute atomic E-state index is 12.8. The van der Waals surface area contributed by atoms with Crippen molar-refractivity contribution in [1.82, 2.24) is 5.43 Å². The summed E-state index contributed by atoms with van der Waals surface area (Å²) in [5, 5.41) is 14.6. The fourth-order valence-corrected chi connectivity index (χ4v) is 3.23. The number of fused-ring (bicyclic) bond motifs is 1. The number of nitrogens with one attached hydrogen (secondary N) is 1. The molecule has 29 heavy (non-hydrogen) atoms. The van der Waals surface area contributed by atoms with Gasteiger partial charge in [-0.1, -0.05) is 30.3 Å². The smallest absolute Gasteiger partial charge is 0.355 e. The molecular weight excluding hydrogens is 380 g/mol. The van der Waals surface area contributed by atoms with Crippen LogP contribution in [-0.4, -0.2) is 34.5 Å². The number of nitro benzene ring substituents is 1. The third-order valence-electron chi connectivity index (χ3n) is 4.67. The second-order valence-corrected chi connectivity index (χ2v) is 6.43. The van der Waals surface area contributed by atoms with E-state index in [1.54, 1.807) is 24.3 Å². The SMILES string of the molecule is O=C(OCc1ccccc1)C1=NNC2C(=O)N(c3ccc([N+](=O)[O-])cc3)C(=O)C12. The van der Waals surface area contributed by atoms with Gasteiger partial charge in [0.15, 0.2) is 5.71 Å². The highest BCUT2D eigenvalue weighted by atomic mass is 16.6. The summed E-state index contributed by atoms with van der Waals surface area (Å²) in [5.74, 6) is -3.14. The summed E-state index contributed by atoms with van der Waals surface area (Å²) in [6.07, 6.45) is 0. The number of hydrazone groups is 1. The van der Waals surface area contributed by atoms with Crippen LogP contribution in [0.15, 0.2) is 59.7 Å². The molecule has 2 aromatic rings. The zero-order valence-electron chi connectivity index (χ0n) is 14.8. The van der Waals surface area contributed by atoms with E-state index in [0.29, 0.717) is 0 Å². The molecule has 2 amide bonds. The van der Waals surface area contributed by atoms with Crippen molar-refractivity contribution >= 4 is 34.9 Å². The lowest BCUT2D eigenvalue weighted by molar-refractivity contribution is -0.384. The van der Waals surface area contributed by atoms with E-state index in [1.807, 2.05) is 6.07 Å². The van der Waals surface area contributed by atoms with E-state index in [1.165, 1.54) is 24.3 Å². The molecule has 10 heteroatoms. The Hall–Kier alpha value is -4.08. The number of hydrogen-bond donors (Lipinski definition) is 1. The van der Waals surface area contributed by atoms with Crippen molar-refractivity contribution in [3.05, 3.63) is 70.3 Å². The number of esters is 1. The molecule has 1 saturated heterocycles. The molecule has 0 saturated carbocycles. The van der Waals surface area contributed by atoms with Gasteiger partial charge < -0.3 is 4.74 Å². The number of benzene rings is 2. The lowest BCUT2D eigenvalue weighted by Crippen LogP contribution is -2.36. The number of hydrogen-bond acceptors (Lipinski definition) is 8.